The van der Waals surface area contributed by atoms with Crippen molar-refractivity contribution in [2.75, 3.05) is 31.1 Å². The van der Waals surface area contributed by atoms with Crippen LogP contribution in [0.3, 0.4) is 0 Å². The number of allylic oxidation sites excluding steroid dienone is 1. The number of hydrogen-bond acceptors (Lipinski definition) is 4. The average Bonchev–Trinajstić information content (AvgIpc) is 2.51. The molecule has 1 aliphatic heterocycles. The zero-order valence-corrected chi connectivity index (χ0v) is 11.6. The lowest BCUT2D eigenvalue weighted by atomic mass is 10.1. The molecule has 1 fully saturated rings. The third-order valence-corrected chi connectivity index (χ3v) is 3.26. The van der Waals surface area contributed by atoms with Gasteiger partial charge in [-0.3, -0.25) is 4.99 Å². The first-order valence-corrected chi connectivity index (χ1v) is 6.69. The zero-order chi connectivity index (χ0) is 15.2. The Morgan fingerprint density at radius 1 is 1.29 bits per heavy atom. The van der Waals surface area contributed by atoms with Crippen molar-refractivity contribution < 1.29 is 8.78 Å². The Morgan fingerprint density at radius 3 is 2.67 bits per heavy atom. The SMILES string of the molecule is C=C(/N=C\C=C/N)c1ccc(N2CCNCC2)c(F)c1F. The van der Waals surface area contributed by atoms with Crippen LogP contribution in [-0.4, -0.2) is 32.4 Å². The summed E-state index contributed by atoms with van der Waals surface area (Å²) in [5, 5.41) is 3.17. The smallest absolute Gasteiger partial charge is 0.182 e. The van der Waals surface area contributed by atoms with E-state index in [0.29, 0.717) is 13.1 Å². The Morgan fingerprint density at radius 2 is 2.00 bits per heavy atom. The van der Waals surface area contributed by atoms with E-state index in [4.69, 9.17) is 5.73 Å². The number of nitrogens with one attached hydrogen (secondary N) is 1. The molecular weight excluding hydrogens is 274 g/mol. The number of nitrogens with two attached hydrogens (primary N) is 1. The van der Waals surface area contributed by atoms with Gasteiger partial charge in [-0.1, -0.05) is 6.58 Å². The number of anilines is 1. The van der Waals surface area contributed by atoms with Crippen LogP contribution in [0.5, 0.6) is 0 Å². The molecule has 0 bridgehead atoms. The molecule has 0 atom stereocenters. The molecule has 2 rings (SSSR count). The first kappa shape index (κ1) is 15.2. The molecule has 112 valence electrons. The van der Waals surface area contributed by atoms with Crippen LogP contribution in [0.1, 0.15) is 5.56 Å². The van der Waals surface area contributed by atoms with E-state index in [1.165, 1.54) is 24.6 Å². The molecule has 21 heavy (non-hydrogen) atoms. The highest BCUT2D eigenvalue weighted by Gasteiger charge is 2.20. The molecule has 1 aromatic rings. The Labute approximate surface area is 122 Å². The molecule has 4 nitrogen and oxygen atoms in total. The molecule has 0 aromatic heterocycles. The van der Waals surface area contributed by atoms with Crippen molar-refractivity contribution in [3.8, 4) is 0 Å². The van der Waals surface area contributed by atoms with Crippen molar-refractivity contribution in [1.82, 2.24) is 5.32 Å². The number of nitrogens with zero attached hydrogens (tertiary/aromatic N) is 2. The topological polar surface area (TPSA) is 53.6 Å². The minimum absolute atomic E-state index is 0.0491. The summed E-state index contributed by atoms with van der Waals surface area (Å²) in [6.07, 6.45) is 4.15. The van der Waals surface area contributed by atoms with Crippen molar-refractivity contribution in [1.29, 1.82) is 0 Å². The zero-order valence-electron chi connectivity index (χ0n) is 11.6. The number of piperazine rings is 1. The number of halogens is 2. The van der Waals surface area contributed by atoms with Gasteiger partial charge >= 0.3 is 0 Å². The van der Waals surface area contributed by atoms with Gasteiger partial charge in [-0.2, -0.15) is 0 Å². The van der Waals surface area contributed by atoms with Gasteiger partial charge in [-0.05, 0) is 24.4 Å². The minimum atomic E-state index is -0.926. The quantitative estimate of drug-likeness (QED) is 0.833. The summed E-state index contributed by atoms with van der Waals surface area (Å²) in [6.45, 7) is 6.45. The van der Waals surface area contributed by atoms with Crippen molar-refractivity contribution in [2.24, 2.45) is 10.7 Å². The molecule has 1 aromatic carbocycles. The molecule has 0 aliphatic carbocycles. The highest BCUT2D eigenvalue weighted by molar-refractivity contribution is 5.79. The summed E-state index contributed by atoms with van der Waals surface area (Å²) in [5.41, 5.74) is 5.64. The number of aliphatic imine (C=N–C) groups is 1. The van der Waals surface area contributed by atoms with Crippen LogP contribution in [0.2, 0.25) is 0 Å². The summed E-state index contributed by atoms with van der Waals surface area (Å²) in [7, 11) is 0. The first-order chi connectivity index (χ1) is 10.1. The Hall–Kier alpha value is -2.21. The monoisotopic (exact) mass is 292 g/mol. The van der Waals surface area contributed by atoms with Crippen molar-refractivity contribution in [3.05, 3.63) is 48.2 Å². The molecule has 0 radical (unpaired) electrons. The normalized spacial score (nSPS) is 16.0. The Kier molecular flexibility index (Phi) is 5.05. The summed E-state index contributed by atoms with van der Waals surface area (Å²) < 4.78 is 28.4. The second-order valence-corrected chi connectivity index (χ2v) is 4.61. The van der Waals surface area contributed by atoms with Gasteiger partial charge in [-0.15, -0.1) is 0 Å². The van der Waals surface area contributed by atoms with E-state index in [-0.39, 0.29) is 16.9 Å². The fourth-order valence-electron chi connectivity index (χ4n) is 2.16. The second-order valence-electron chi connectivity index (χ2n) is 4.61. The largest absolute Gasteiger partial charge is 0.405 e. The van der Waals surface area contributed by atoms with E-state index in [1.807, 2.05) is 4.90 Å². The van der Waals surface area contributed by atoms with Crippen LogP contribution in [-0.2, 0) is 0 Å². The fourth-order valence-corrected chi connectivity index (χ4v) is 2.16. The lowest BCUT2D eigenvalue weighted by molar-refractivity contribution is 0.497. The van der Waals surface area contributed by atoms with Crippen LogP contribution in [0.4, 0.5) is 14.5 Å². The molecular formula is C15H18F2N4. The van der Waals surface area contributed by atoms with Crippen molar-refractivity contribution >= 4 is 17.6 Å². The standard InChI is InChI=1S/C15H18F2N4/c1-11(20-6-2-5-18)12-3-4-13(15(17)14(12)16)21-9-7-19-8-10-21/h2-6,19H,1,7-10,18H2/b5-2-,20-6-. The van der Waals surface area contributed by atoms with Gasteiger partial charge < -0.3 is 16.0 Å². The third kappa shape index (κ3) is 3.46. The predicted molar refractivity (Wildman–Crippen MR) is 82.3 cm³/mol. The van der Waals surface area contributed by atoms with E-state index in [1.54, 1.807) is 6.07 Å². The molecule has 0 saturated carbocycles. The molecule has 1 heterocycles. The lowest BCUT2D eigenvalue weighted by Gasteiger charge is -2.30. The van der Waals surface area contributed by atoms with E-state index in [2.05, 4.69) is 16.9 Å². The maximum absolute atomic E-state index is 14.2. The van der Waals surface area contributed by atoms with Gasteiger partial charge in [0.25, 0.3) is 0 Å². The first-order valence-electron chi connectivity index (χ1n) is 6.69. The highest BCUT2D eigenvalue weighted by Crippen LogP contribution is 2.28. The summed E-state index contributed by atoms with van der Waals surface area (Å²) >= 11 is 0. The van der Waals surface area contributed by atoms with Crippen LogP contribution in [0, 0.1) is 11.6 Å². The molecule has 1 aliphatic rings. The van der Waals surface area contributed by atoms with Crippen LogP contribution < -0.4 is 16.0 Å². The van der Waals surface area contributed by atoms with Crippen LogP contribution >= 0.6 is 0 Å². The summed E-state index contributed by atoms with van der Waals surface area (Å²) in [5.74, 6) is -1.79. The Bertz CT molecular complexity index is 575. The highest BCUT2D eigenvalue weighted by atomic mass is 19.2. The van der Waals surface area contributed by atoms with E-state index in [0.717, 1.165) is 13.1 Å². The van der Waals surface area contributed by atoms with Gasteiger partial charge in [0.15, 0.2) is 11.6 Å². The van der Waals surface area contributed by atoms with E-state index in [9.17, 15) is 8.78 Å². The molecule has 6 heteroatoms. The third-order valence-electron chi connectivity index (χ3n) is 3.26. The molecule has 1 saturated heterocycles. The van der Waals surface area contributed by atoms with Gasteiger partial charge in [-0.25, -0.2) is 8.78 Å². The summed E-state index contributed by atoms with van der Waals surface area (Å²) in [6, 6.07) is 3.07. The average molecular weight is 292 g/mol. The number of rotatable bonds is 4. The summed E-state index contributed by atoms with van der Waals surface area (Å²) in [4.78, 5) is 5.73. The molecule has 0 amide bonds. The minimum Gasteiger partial charge on any atom is -0.405 e. The van der Waals surface area contributed by atoms with Gasteiger partial charge in [0.05, 0.1) is 11.4 Å². The molecule has 3 N–H and O–H groups in total. The Balaban J connectivity index is 2.26. The van der Waals surface area contributed by atoms with Gasteiger partial charge in [0.1, 0.15) is 0 Å². The van der Waals surface area contributed by atoms with Crippen LogP contribution in [0.15, 0.2) is 36.0 Å². The van der Waals surface area contributed by atoms with E-state index >= 15 is 0 Å². The molecule has 0 unspecified atom stereocenters. The van der Waals surface area contributed by atoms with Gasteiger partial charge in [0.2, 0.25) is 0 Å². The lowest BCUT2D eigenvalue weighted by Crippen LogP contribution is -2.44. The van der Waals surface area contributed by atoms with Crippen molar-refractivity contribution in [3.63, 3.8) is 0 Å². The molecule has 0 spiro atoms. The fraction of sp³-hybridized carbons (Fsp3) is 0.267. The number of benzene rings is 1. The predicted octanol–water partition coefficient (Wildman–Crippen LogP) is 1.89. The second kappa shape index (κ2) is 6.99. The maximum atomic E-state index is 14.2. The van der Waals surface area contributed by atoms with Crippen molar-refractivity contribution in [2.45, 2.75) is 0 Å². The van der Waals surface area contributed by atoms with E-state index < -0.39 is 11.6 Å². The maximum Gasteiger partial charge on any atom is 0.182 e. The van der Waals surface area contributed by atoms with Crippen LogP contribution in [0.25, 0.3) is 5.70 Å². The number of hydrogen-bond donors (Lipinski definition) is 2. The van der Waals surface area contributed by atoms with Gasteiger partial charge in [0, 0.05) is 38.0 Å².